The number of hydrogen-bond acceptors (Lipinski definition) is 2. The average molecular weight is 220 g/mol. The lowest BCUT2D eigenvalue weighted by atomic mass is 9.83. The molecular formula is C10H21OPS. The van der Waals surface area contributed by atoms with Gasteiger partial charge in [0.2, 0.25) is 0 Å². The van der Waals surface area contributed by atoms with Gasteiger partial charge in [-0.2, -0.15) is 0 Å². The summed E-state index contributed by atoms with van der Waals surface area (Å²) in [5, 5.41) is 0.0777. The molecule has 0 saturated carbocycles. The monoisotopic (exact) mass is 220 g/mol. The van der Waals surface area contributed by atoms with Crippen molar-refractivity contribution < 1.29 is 4.57 Å². The molecule has 13 heavy (non-hydrogen) atoms. The zero-order chi connectivity index (χ0) is 10.5. The van der Waals surface area contributed by atoms with Crippen LogP contribution < -0.4 is 0 Å². The fourth-order valence-electron chi connectivity index (χ4n) is 2.57. The number of hydrogen-bond donors (Lipinski definition) is 0. The molecule has 1 nitrogen and oxygen atoms in total. The molecule has 78 valence electrons. The summed E-state index contributed by atoms with van der Waals surface area (Å²) in [6, 6.07) is 0. The fraction of sp³-hybridized carbons (Fsp3) is 1.00. The Morgan fingerprint density at radius 2 is 1.62 bits per heavy atom. The minimum absolute atomic E-state index is 0.0389. The van der Waals surface area contributed by atoms with Crippen LogP contribution in [0.3, 0.4) is 0 Å². The molecule has 0 N–H and O–H groups in total. The Morgan fingerprint density at radius 3 is 1.92 bits per heavy atom. The summed E-state index contributed by atoms with van der Waals surface area (Å²) in [6.45, 7) is 13.0. The van der Waals surface area contributed by atoms with Gasteiger partial charge in [-0.05, 0) is 11.7 Å². The second kappa shape index (κ2) is 3.03. The first-order valence-electron chi connectivity index (χ1n) is 4.96. The van der Waals surface area contributed by atoms with Crippen LogP contribution in [0.1, 0.15) is 41.5 Å². The van der Waals surface area contributed by atoms with Gasteiger partial charge >= 0.3 is 0 Å². The molecule has 0 aromatic heterocycles. The van der Waals surface area contributed by atoms with E-state index in [4.69, 9.17) is 0 Å². The molecule has 0 amide bonds. The van der Waals surface area contributed by atoms with Gasteiger partial charge in [0, 0.05) is 10.3 Å². The molecule has 1 aliphatic rings. The van der Waals surface area contributed by atoms with E-state index in [1.54, 1.807) is 11.4 Å². The van der Waals surface area contributed by atoms with Gasteiger partial charge in [-0.25, -0.2) is 0 Å². The van der Waals surface area contributed by atoms with E-state index in [-0.39, 0.29) is 10.3 Å². The van der Waals surface area contributed by atoms with E-state index in [2.05, 4.69) is 41.5 Å². The van der Waals surface area contributed by atoms with Crippen molar-refractivity contribution >= 4 is 17.7 Å². The van der Waals surface area contributed by atoms with Crippen LogP contribution in [-0.2, 0) is 4.57 Å². The normalized spacial score (nSPS) is 41.2. The minimum atomic E-state index is -2.04. The van der Waals surface area contributed by atoms with Crippen molar-refractivity contribution in [1.29, 1.82) is 0 Å². The third-order valence-corrected chi connectivity index (χ3v) is 13.1. The van der Waals surface area contributed by atoms with Crippen LogP contribution in [0.15, 0.2) is 0 Å². The van der Waals surface area contributed by atoms with E-state index >= 15 is 0 Å². The van der Waals surface area contributed by atoms with Crippen molar-refractivity contribution in [1.82, 2.24) is 0 Å². The Hall–Kier alpha value is 0.580. The predicted octanol–water partition coefficient (Wildman–Crippen LogP) is 4.22. The van der Waals surface area contributed by atoms with Gasteiger partial charge in [-0.15, -0.1) is 0 Å². The molecular weight excluding hydrogens is 199 g/mol. The summed E-state index contributed by atoms with van der Waals surface area (Å²) in [6.07, 6.45) is -2.04. The van der Waals surface area contributed by atoms with E-state index in [9.17, 15) is 4.57 Å². The van der Waals surface area contributed by atoms with E-state index in [0.717, 1.165) is 5.75 Å². The average Bonchev–Trinajstić information content (AvgIpc) is 2.02. The molecule has 0 aromatic carbocycles. The van der Waals surface area contributed by atoms with Crippen LogP contribution in [0.5, 0.6) is 0 Å². The maximum absolute atomic E-state index is 12.7. The third-order valence-electron chi connectivity index (χ3n) is 3.95. The van der Waals surface area contributed by atoms with E-state index in [1.165, 1.54) is 0 Å². The summed E-state index contributed by atoms with van der Waals surface area (Å²) in [4.78, 5) is 0. The molecule has 0 spiro atoms. The highest BCUT2D eigenvalue weighted by molar-refractivity contribution is 8.59. The van der Waals surface area contributed by atoms with Crippen LogP contribution in [0, 0.1) is 5.92 Å². The van der Waals surface area contributed by atoms with Crippen LogP contribution in [0.25, 0.3) is 0 Å². The SMILES string of the molecule is CCSP1(=O)C(C)(C)C(C)C1(C)C. The van der Waals surface area contributed by atoms with Gasteiger partial charge in [-0.3, -0.25) is 0 Å². The molecule has 1 saturated heterocycles. The zero-order valence-corrected chi connectivity index (χ0v) is 11.3. The third kappa shape index (κ3) is 1.18. The smallest absolute Gasteiger partial charge is 0.150 e. The van der Waals surface area contributed by atoms with Crippen molar-refractivity contribution in [3.63, 3.8) is 0 Å². The van der Waals surface area contributed by atoms with Crippen LogP contribution in [-0.4, -0.2) is 16.1 Å². The highest BCUT2D eigenvalue weighted by Crippen LogP contribution is 2.87. The highest BCUT2D eigenvalue weighted by atomic mass is 32.7. The zero-order valence-electron chi connectivity index (χ0n) is 9.55. The van der Waals surface area contributed by atoms with Crippen molar-refractivity contribution in [2.75, 3.05) is 5.75 Å². The molecule has 0 aliphatic carbocycles. The highest BCUT2D eigenvalue weighted by Gasteiger charge is 2.67. The Kier molecular flexibility index (Phi) is 2.72. The first-order valence-corrected chi connectivity index (χ1v) is 8.26. The number of rotatable bonds is 2. The van der Waals surface area contributed by atoms with Crippen molar-refractivity contribution in [2.24, 2.45) is 5.92 Å². The van der Waals surface area contributed by atoms with Gasteiger partial charge in [0.05, 0.1) is 0 Å². The van der Waals surface area contributed by atoms with Crippen LogP contribution in [0.2, 0.25) is 0 Å². The van der Waals surface area contributed by atoms with Gasteiger partial charge in [0.15, 0.2) is 0 Å². The Balaban J connectivity index is 3.03. The van der Waals surface area contributed by atoms with Gasteiger partial charge < -0.3 is 4.57 Å². The summed E-state index contributed by atoms with van der Waals surface area (Å²) >= 11 is 1.69. The van der Waals surface area contributed by atoms with E-state index in [0.29, 0.717) is 5.92 Å². The lowest BCUT2D eigenvalue weighted by Crippen LogP contribution is -2.56. The van der Waals surface area contributed by atoms with E-state index < -0.39 is 6.34 Å². The van der Waals surface area contributed by atoms with Crippen LogP contribution in [0.4, 0.5) is 0 Å². The Morgan fingerprint density at radius 1 is 1.23 bits per heavy atom. The van der Waals surface area contributed by atoms with E-state index in [1.807, 2.05) is 0 Å². The summed E-state index contributed by atoms with van der Waals surface area (Å²) in [7, 11) is 0. The molecule has 1 heterocycles. The molecule has 1 fully saturated rings. The first-order chi connectivity index (χ1) is 5.72. The molecule has 3 heteroatoms. The summed E-state index contributed by atoms with van der Waals surface area (Å²) in [5.41, 5.74) is 0. The molecule has 1 rings (SSSR count). The maximum Gasteiger partial charge on any atom is 0.150 e. The molecule has 1 aliphatic heterocycles. The molecule has 0 atom stereocenters. The molecule has 0 radical (unpaired) electrons. The first kappa shape index (κ1) is 11.7. The topological polar surface area (TPSA) is 17.1 Å². The molecule has 0 aromatic rings. The van der Waals surface area contributed by atoms with Crippen molar-refractivity contribution in [3.8, 4) is 0 Å². The summed E-state index contributed by atoms with van der Waals surface area (Å²) < 4.78 is 12.7. The van der Waals surface area contributed by atoms with Crippen molar-refractivity contribution in [3.05, 3.63) is 0 Å². The lowest BCUT2D eigenvalue weighted by molar-refractivity contribution is 0.280. The van der Waals surface area contributed by atoms with Crippen molar-refractivity contribution in [2.45, 2.75) is 51.9 Å². The molecule has 0 bridgehead atoms. The molecule has 0 unspecified atom stereocenters. The van der Waals surface area contributed by atoms with Gasteiger partial charge in [0.25, 0.3) is 0 Å². The predicted molar refractivity (Wildman–Crippen MR) is 63.1 cm³/mol. The maximum atomic E-state index is 12.7. The summed E-state index contributed by atoms with van der Waals surface area (Å²) in [5.74, 6) is 1.53. The fourth-order valence-corrected chi connectivity index (χ4v) is 10.6. The van der Waals surface area contributed by atoms with Gasteiger partial charge in [0.1, 0.15) is 6.34 Å². The quantitative estimate of drug-likeness (QED) is 0.648. The van der Waals surface area contributed by atoms with Gasteiger partial charge in [-0.1, -0.05) is 52.9 Å². The Bertz CT molecular complexity index is 238. The lowest BCUT2D eigenvalue weighted by Gasteiger charge is -2.62. The van der Waals surface area contributed by atoms with Crippen LogP contribution >= 0.6 is 17.7 Å². The second-order valence-corrected chi connectivity index (χ2v) is 11.6. The Labute approximate surface area is 86.2 Å². The second-order valence-electron chi connectivity index (χ2n) is 5.00. The minimum Gasteiger partial charge on any atom is -0.311 e. The standard InChI is InChI=1S/C10H21OPS/c1-7-13-12(11)9(3,4)8(2)10(12,5)6/h8H,7H2,1-6H3. The largest absolute Gasteiger partial charge is 0.311 e.